The van der Waals surface area contributed by atoms with Crippen LogP contribution in [0.1, 0.15) is 6.92 Å². The Morgan fingerprint density at radius 2 is 1.93 bits per heavy atom. The largest absolute Gasteiger partial charge is 0.481 e. The summed E-state index contributed by atoms with van der Waals surface area (Å²) >= 11 is 5.43. The molecule has 1 aromatic heterocycles. The lowest BCUT2D eigenvalue weighted by Gasteiger charge is -1.79. The lowest BCUT2D eigenvalue weighted by Crippen LogP contribution is -2.20. The van der Waals surface area contributed by atoms with Crippen LogP contribution < -0.4 is 11.5 Å². The van der Waals surface area contributed by atoms with Crippen molar-refractivity contribution < 1.29 is 9.90 Å². The highest BCUT2D eigenvalue weighted by molar-refractivity contribution is 6.29. The fourth-order valence-electron chi connectivity index (χ4n) is 0.342. The van der Waals surface area contributed by atoms with Gasteiger partial charge in [-0.05, 0) is 12.1 Å². The Kier molecular flexibility index (Phi) is 10.7. The number of pyridine rings is 1. The summed E-state index contributed by atoms with van der Waals surface area (Å²) in [6, 6.07) is 5.41. The molecule has 84 valence electrons. The van der Waals surface area contributed by atoms with Crippen molar-refractivity contribution >= 4 is 23.5 Å². The lowest BCUT2D eigenvalue weighted by molar-refractivity contribution is -0.134. The normalized spacial score (nSPS) is 7.33. The fourth-order valence-corrected chi connectivity index (χ4v) is 0.471. The molecule has 0 aromatic carbocycles. The summed E-state index contributed by atoms with van der Waals surface area (Å²) in [6.07, 6.45) is 1.66. The van der Waals surface area contributed by atoms with E-state index >= 15 is 0 Å². The molecule has 0 saturated heterocycles. The molecule has 6 N–H and O–H groups in total. The molecular formula is C8H13ClN4O2. The Balaban J connectivity index is 0. The van der Waals surface area contributed by atoms with Gasteiger partial charge in [0.2, 0.25) is 0 Å². The second-order valence-electron chi connectivity index (χ2n) is 2.13. The molecule has 0 atom stereocenters. The predicted molar refractivity (Wildman–Crippen MR) is 58.7 cm³/mol. The molecule has 0 aliphatic rings. The minimum absolute atomic E-state index is 0.333. The number of aromatic nitrogens is 1. The summed E-state index contributed by atoms with van der Waals surface area (Å²) in [5.74, 6) is -1.17. The molecule has 0 unspecified atom stereocenters. The zero-order valence-electron chi connectivity index (χ0n) is 8.14. The van der Waals surface area contributed by atoms with Crippen LogP contribution in [-0.2, 0) is 4.79 Å². The number of nitrogens with two attached hydrogens (primary N) is 2. The van der Waals surface area contributed by atoms with Gasteiger partial charge in [-0.25, -0.2) is 4.98 Å². The van der Waals surface area contributed by atoms with Crippen LogP contribution in [0.25, 0.3) is 0 Å². The van der Waals surface area contributed by atoms with Crippen molar-refractivity contribution in [2.75, 3.05) is 0 Å². The number of carbonyl (C=O) groups is 1. The van der Waals surface area contributed by atoms with Gasteiger partial charge in [0, 0.05) is 13.1 Å². The van der Waals surface area contributed by atoms with Gasteiger partial charge in [-0.1, -0.05) is 17.7 Å². The van der Waals surface area contributed by atoms with Crippen LogP contribution >= 0.6 is 11.6 Å². The zero-order valence-corrected chi connectivity index (χ0v) is 8.90. The third-order valence-electron chi connectivity index (χ3n) is 0.629. The number of hydrogen-bond acceptors (Lipinski definition) is 3. The molecule has 0 saturated carbocycles. The topological polar surface area (TPSA) is 126 Å². The Bertz CT molecular complexity index is 272. The Labute approximate surface area is 92.4 Å². The second-order valence-corrected chi connectivity index (χ2v) is 2.51. The van der Waals surface area contributed by atoms with E-state index in [1.54, 1.807) is 12.3 Å². The molecule has 0 aliphatic carbocycles. The number of carboxylic acids is 1. The average Bonchev–Trinajstić information content (AvgIpc) is 2.03. The maximum absolute atomic E-state index is 9.00. The molecular weight excluding hydrogens is 220 g/mol. The van der Waals surface area contributed by atoms with E-state index in [0.717, 1.165) is 6.92 Å². The van der Waals surface area contributed by atoms with E-state index < -0.39 is 5.97 Å². The monoisotopic (exact) mass is 232 g/mol. The van der Waals surface area contributed by atoms with E-state index in [2.05, 4.69) is 16.5 Å². The Morgan fingerprint density at radius 1 is 1.53 bits per heavy atom. The molecule has 15 heavy (non-hydrogen) atoms. The molecule has 1 heterocycles. The molecule has 0 aliphatic heterocycles. The van der Waals surface area contributed by atoms with E-state index in [1.165, 1.54) is 0 Å². The maximum Gasteiger partial charge on any atom is 0.300 e. The Morgan fingerprint density at radius 3 is 2.07 bits per heavy atom. The highest BCUT2D eigenvalue weighted by Gasteiger charge is 1.76. The number of halogens is 1. The quantitative estimate of drug-likeness (QED) is 0.297. The van der Waals surface area contributed by atoms with Gasteiger partial charge in [-0.15, -0.1) is 0 Å². The van der Waals surface area contributed by atoms with Crippen molar-refractivity contribution in [3.05, 3.63) is 29.5 Å². The number of nitrogens with zero attached hydrogens (tertiary/aromatic N) is 1. The average molecular weight is 233 g/mol. The van der Waals surface area contributed by atoms with Gasteiger partial charge in [0.05, 0.1) is 0 Å². The smallest absolute Gasteiger partial charge is 0.300 e. The SMILES string of the molecule is CC(=O)O.Clc1ccccn1.N=C(N)N. The number of carboxylic acid groups (broad SMARTS) is 1. The minimum atomic E-state index is -0.833. The van der Waals surface area contributed by atoms with Gasteiger partial charge < -0.3 is 16.6 Å². The van der Waals surface area contributed by atoms with Crippen molar-refractivity contribution in [3.8, 4) is 0 Å². The summed E-state index contributed by atoms with van der Waals surface area (Å²) in [5.41, 5.74) is 8.94. The number of aliphatic carboxylic acids is 1. The van der Waals surface area contributed by atoms with Crippen LogP contribution in [0.15, 0.2) is 24.4 Å². The maximum atomic E-state index is 9.00. The third-order valence-corrected chi connectivity index (χ3v) is 0.852. The second kappa shape index (κ2) is 10.3. The van der Waals surface area contributed by atoms with Crippen LogP contribution in [0.4, 0.5) is 0 Å². The van der Waals surface area contributed by atoms with Gasteiger partial charge in [-0.3, -0.25) is 10.2 Å². The molecule has 0 bridgehead atoms. The van der Waals surface area contributed by atoms with Crippen molar-refractivity contribution in [1.29, 1.82) is 5.41 Å². The van der Waals surface area contributed by atoms with Crippen molar-refractivity contribution in [1.82, 2.24) is 4.98 Å². The van der Waals surface area contributed by atoms with Crippen LogP contribution in [-0.4, -0.2) is 22.0 Å². The first-order valence-corrected chi connectivity index (χ1v) is 4.09. The molecule has 0 spiro atoms. The summed E-state index contributed by atoms with van der Waals surface area (Å²) in [7, 11) is 0. The van der Waals surface area contributed by atoms with Crippen molar-refractivity contribution in [2.45, 2.75) is 6.92 Å². The highest BCUT2D eigenvalue weighted by Crippen LogP contribution is 1.98. The number of nitrogens with one attached hydrogen (secondary N) is 1. The molecule has 0 amide bonds. The molecule has 6 nitrogen and oxygen atoms in total. The van der Waals surface area contributed by atoms with Crippen molar-refractivity contribution in [3.63, 3.8) is 0 Å². The first kappa shape index (κ1) is 15.6. The number of guanidine groups is 1. The van der Waals surface area contributed by atoms with Crippen LogP contribution in [0, 0.1) is 5.41 Å². The van der Waals surface area contributed by atoms with E-state index in [-0.39, 0.29) is 5.96 Å². The van der Waals surface area contributed by atoms with Crippen LogP contribution in [0.2, 0.25) is 5.15 Å². The first-order chi connectivity index (χ1) is 6.86. The van der Waals surface area contributed by atoms with Gasteiger partial charge in [-0.2, -0.15) is 0 Å². The first-order valence-electron chi connectivity index (χ1n) is 3.71. The van der Waals surface area contributed by atoms with E-state index in [1.807, 2.05) is 12.1 Å². The highest BCUT2D eigenvalue weighted by atomic mass is 35.5. The van der Waals surface area contributed by atoms with Crippen LogP contribution in [0.3, 0.4) is 0 Å². The van der Waals surface area contributed by atoms with Crippen molar-refractivity contribution in [2.24, 2.45) is 11.5 Å². The van der Waals surface area contributed by atoms with Gasteiger partial charge in [0.25, 0.3) is 5.97 Å². The number of hydrogen-bond donors (Lipinski definition) is 4. The molecule has 1 rings (SSSR count). The summed E-state index contributed by atoms with van der Waals surface area (Å²) < 4.78 is 0. The van der Waals surface area contributed by atoms with Gasteiger partial charge in [0.15, 0.2) is 5.96 Å². The standard InChI is InChI=1S/C5H4ClN.C2H4O2.CH5N3/c6-5-3-1-2-4-7-5;1-2(3)4;2-1(3)4/h1-4H;1H3,(H,3,4);(H5,2,3,4). The molecule has 0 fully saturated rings. The minimum Gasteiger partial charge on any atom is -0.481 e. The summed E-state index contributed by atoms with van der Waals surface area (Å²) in [6.45, 7) is 1.08. The zero-order chi connectivity index (χ0) is 12.3. The lowest BCUT2D eigenvalue weighted by atomic mass is 10.5. The molecule has 7 heteroatoms. The van der Waals surface area contributed by atoms with E-state index in [0.29, 0.717) is 5.15 Å². The number of rotatable bonds is 0. The van der Waals surface area contributed by atoms with E-state index in [9.17, 15) is 0 Å². The summed E-state index contributed by atoms with van der Waals surface area (Å²) in [4.78, 5) is 12.7. The van der Waals surface area contributed by atoms with Crippen LogP contribution in [0.5, 0.6) is 0 Å². The van der Waals surface area contributed by atoms with Gasteiger partial charge >= 0.3 is 0 Å². The van der Waals surface area contributed by atoms with E-state index in [4.69, 9.17) is 26.9 Å². The fraction of sp³-hybridized carbons (Fsp3) is 0.125. The Hall–Kier alpha value is -1.82. The third kappa shape index (κ3) is 33.0. The predicted octanol–water partition coefficient (Wildman–Crippen LogP) is 0.664. The summed E-state index contributed by atoms with van der Waals surface area (Å²) in [5, 5.41) is 14.0. The molecule has 1 aromatic rings. The molecule has 0 radical (unpaired) electrons. The van der Waals surface area contributed by atoms with Gasteiger partial charge in [0.1, 0.15) is 5.15 Å².